The van der Waals surface area contributed by atoms with E-state index in [2.05, 4.69) is 5.32 Å². The fraction of sp³-hybridized carbons (Fsp3) is 1.00. The Morgan fingerprint density at radius 1 is 1.00 bits per heavy atom. The van der Waals surface area contributed by atoms with Gasteiger partial charge in [-0.1, -0.05) is 38.5 Å². The van der Waals surface area contributed by atoms with Gasteiger partial charge in [0.2, 0.25) is 0 Å². The van der Waals surface area contributed by atoms with Crippen molar-refractivity contribution in [2.75, 3.05) is 13.1 Å². The molecule has 96 valence electrons. The highest BCUT2D eigenvalue weighted by Crippen LogP contribution is 2.20. The van der Waals surface area contributed by atoms with Gasteiger partial charge in [-0.3, -0.25) is 0 Å². The molecule has 0 aromatic heterocycles. The molecule has 0 aromatic carbocycles. The normalized spacial score (nSPS) is 27.8. The maximum absolute atomic E-state index is 9.47. The summed E-state index contributed by atoms with van der Waals surface area (Å²) in [5.41, 5.74) is 0. The predicted molar refractivity (Wildman–Crippen MR) is 69.6 cm³/mol. The molecule has 2 unspecified atom stereocenters. The van der Waals surface area contributed by atoms with Crippen molar-refractivity contribution in [3.05, 3.63) is 0 Å². The number of aliphatic hydroxyl groups is 1. The molecular formula is C14H29NO. The summed E-state index contributed by atoms with van der Waals surface area (Å²) in [7, 11) is 0. The van der Waals surface area contributed by atoms with E-state index in [0.717, 1.165) is 18.9 Å². The van der Waals surface area contributed by atoms with Crippen molar-refractivity contribution in [2.45, 2.75) is 70.8 Å². The van der Waals surface area contributed by atoms with Gasteiger partial charge in [-0.05, 0) is 45.2 Å². The van der Waals surface area contributed by atoms with Crippen molar-refractivity contribution in [1.82, 2.24) is 5.32 Å². The van der Waals surface area contributed by atoms with E-state index in [0.29, 0.717) is 0 Å². The fourth-order valence-electron chi connectivity index (χ4n) is 2.68. The topological polar surface area (TPSA) is 32.3 Å². The standard InChI is InChI=1S/C14H29NO/c1-13(16)12-14-8-6-4-2-3-5-7-10-15-11-9-14/h13-16H,2-12H2,1H3. The zero-order valence-corrected chi connectivity index (χ0v) is 10.9. The minimum Gasteiger partial charge on any atom is -0.393 e. The van der Waals surface area contributed by atoms with Gasteiger partial charge < -0.3 is 10.4 Å². The average Bonchev–Trinajstić information content (AvgIpc) is 2.21. The number of rotatable bonds is 2. The maximum atomic E-state index is 9.47. The van der Waals surface area contributed by atoms with Crippen molar-refractivity contribution >= 4 is 0 Å². The first-order chi connectivity index (χ1) is 7.79. The molecule has 2 atom stereocenters. The van der Waals surface area contributed by atoms with Crippen LogP contribution in [0.25, 0.3) is 0 Å². The molecule has 1 heterocycles. The summed E-state index contributed by atoms with van der Waals surface area (Å²) in [5.74, 6) is 0.729. The summed E-state index contributed by atoms with van der Waals surface area (Å²) in [6.07, 6.45) is 11.7. The third kappa shape index (κ3) is 7.24. The zero-order chi connectivity index (χ0) is 11.6. The van der Waals surface area contributed by atoms with Gasteiger partial charge in [0.05, 0.1) is 6.10 Å². The van der Waals surface area contributed by atoms with Crippen molar-refractivity contribution in [3.8, 4) is 0 Å². The lowest BCUT2D eigenvalue weighted by atomic mass is 9.91. The Hall–Kier alpha value is -0.0800. The van der Waals surface area contributed by atoms with Crippen LogP contribution in [0.3, 0.4) is 0 Å². The molecule has 1 aliphatic rings. The number of aliphatic hydroxyl groups excluding tert-OH is 1. The van der Waals surface area contributed by atoms with Gasteiger partial charge in [0.15, 0.2) is 0 Å². The second kappa shape index (κ2) is 9.00. The Kier molecular flexibility index (Phi) is 7.87. The van der Waals surface area contributed by atoms with Crippen molar-refractivity contribution in [3.63, 3.8) is 0 Å². The first-order valence-electron chi connectivity index (χ1n) is 7.18. The quantitative estimate of drug-likeness (QED) is 0.760. The first-order valence-corrected chi connectivity index (χ1v) is 7.18. The van der Waals surface area contributed by atoms with E-state index in [1.54, 1.807) is 0 Å². The van der Waals surface area contributed by atoms with Gasteiger partial charge >= 0.3 is 0 Å². The van der Waals surface area contributed by atoms with E-state index >= 15 is 0 Å². The lowest BCUT2D eigenvalue weighted by Crippen LogP contribution is -2.21. The van der Waals surface area contributed by atoms with Crippen molar-refractivity contribution in [2.24, 2.45) is 5.92 Å². The monoisotopic (exact) mass is 227 g/mol. The van der Waals surface area contributed by atoms with Gasteiger partial charge in [0, 0.05) is 0 Å². The predicted octanol–water partition coefficient (Wildman–Crippen LogP) is 3.10. The SMILES string of the molecule is CC(O)CC1CCCCCCCCNCC1. The van der Waals surface area contributed by atoms with E-state index in [4.69, 9.17) is 0 Å². The van der Waals surface area contributed by atoms with Crippen molar-refractivity contribution in [1.29, 1.82) is 0 Å². The van der Waals surface area contributed by atoms with E-state index in [9.17, 15) is 5.11 Å². The summed E-state index contributed by atoms with van der Waals surface area (Å²) in [4.78, 5) is 0. The van der Waals surface area contributed by atoms with Crippen LogP contribution in [-0.4, -0.2) is 24.3 Å². The highest BCUT2D eigenvalue weighted by molar-refractivity contribution is 4.66. The Bertz CT molecular complexity index is 147. The van der Waals surface area contributed by atoms with Crippen LogP contribution in [0.2, 0.25) is 0 Å². The lowest BCUT2D eigenvalue weighted by molar-refractivity contribution is 0.153. The molecule has 16 heavy (non-hydrogen) atoms. The Balaban J connectivity index is 2.24. The zero-order valence-electron chi connectivity index (χ0n) is 10.9. The number of hydrogen-bond acceptors (Lipinski definition) is 2. The third-order valence-electron chi connectivity index (χ3n) is 3.62. The molecule has 1 saturated heterocycles. The van der Waals surface area contributed by atoms with Gasteiger partial charge in [0.25, 0.3) is 0 Å². The molecule has 0 aliphatic carbocycles. The Morgan fingerprint density at radius 2 is 1.69 bits per heavy atom. The molecule has 0 aromatic rings. The summed E-state index contributed by atoms with van der Waals surface area (Å²) in [5, 5.41) is 13.0. The number of hydrogen-bond donors (Lipinski definition) is 2. The summed E-state index contributed by atoms with van der Waals surface area (Å²) >= 11 is 0. The van der Waals surface area contributed by atoms with Crippen LogP contribution in [0.1, 0.15) is 64.7 Å². The van der Waals surface area contributed by atoms with Crippen molar-refractivity contribution < 1.29 is 5.11 Å². The van der Waals surface area contributed by atoms with E-state index < -0.39 is 0 Å². The van der Waals surface area contributed by atoms with Gasteiger partial charge in [0.1, 0.15) is 0 Å². The van der Waals surface area contributed by atoms with Gasteiger partial charge in [-0.25, -0.2) is 0 Å². The van der Waals surface area contributed by atoms with Gasteiger partial charge in [-0.2, -0.15) is 0 Å². The molecule has 0 spiro atoms. The molecule has 2 nitrogen and oxygen atoms in total. The van der Waals surface area contributed by atoms with Crippen LogP contribution in [-0.2, 0) is 0 Å². The minimum absolute atomic E-state index is 0.127. The van der Waals surface area contributed by atoms with E-state index in [1.165, 1.54) is 57.9 Å². The van der Waals surface area contributed by atoms with E-state index in [-0.39, 0.29) is 6.10 Å². The van der Waals surface area contributed by atoms with E-state index in [1.807, 2.05) is 6.92 Å². The Labute approximate surface area is 101 Å². The van der Waals surface area contributed by atoms with Crippen LogP contribution in [0.4, 0.5) is 0 Å². The number of nitrogens with one attached hydrogen (secondary N) is 1. The molecule has 0 saturated carbocycles. The molecule has 1 rings (SSSR count). The average molecular weight is 227 g/mol. The highest BCUT2D eigenvalue weighted by atomic mass is 16.3. The van der Waals surface area contributed by atoms with Crippen LogP contribution in [0.5, 0.6) is 0 Å². The first kappa shape index (κ1) is 14.0. The molecule has 0 radical (unpaired) electrons. The molecule has 2 N–H and O–H groups in total. The summed E-state index contributed by atoms with van der Waals surface area (Å²) in [6, 6.07) is 0. The van der Waals surface area contributed by atoms with Crippen LogP contribution >= 0.6 is 0 Å². The van der Waals surface area contributed by atoms with Crippen LogP contribution in [0, 0.1) is 5.92 Å². The molecular weight excluding hydrogens is 198 g/mol. The Morgan fingerprint density at radius 3 is 2.44 bits per heavy atom. The third-order valence-corrected chi connectivity index (χ3v) is 3.62. The molecule has 1 fully saturated rings. The van der Waals surface area contributed by atoms with Crippen LogP contribution < -0.4 is 5.32 Å². The molecule has 0 bridgehead atoms. The second-order valence-electron chi connectivity index (χ2n) is 5.40. The lowest BCUT2D eigenvalue weighted by Gasteiger charge is -2.19. The van der Waals surface area contributed by atoms with Gasteiger partial charge in [-0.15, -0.1) is 0 Å². The second-order valence-corrected chi connectivity index (χ2v) is 5.40. The molecule has 2 heteroatoms. The highest BCUT2D eigenvalue weighted by Gasteiger charge is 2.11. The minimum atomic E-state index is -0.127. The molecule has 1 aliphatic heterocycles. The summed E-state index contributed by atoms with van der Waals surface area (Å²) in [6.45, 7) is 4.24. The maximum Gasteiger partial charge on any atom is 0.0514 e. The summed E-state index contributed by atoms with van der Waals surface area (Å²) < 4.78 is 0. The largest absolute Gasteiger partial charge is 0.393 e. The molecule has 0 amide bonds. The fourth-order valence-corrected chi connectivity index (χ4v) is 2.68. The smallest absolute Gasteiger partial charge is 0.0514 e. The van der Waals surface area contributed by atoms with Crippen LogP contribution in [0.15, 0.2) is 0 Å².